The first-order valence-electron chi connectivity index (χ1n) is 5.94. The largest absolute Gasteiger partial charge is 0.335 e. The highest BCUT2D eigenvalue weighted by Crippen LogP contribution is 2.39. The molecule has 104 valence electrons. The Labute approximate surface area is 115 Å². The third kappa shape index (κ3) is 4.04. The first-order chi connectivity index (χ1) is 8.99. The van der Waals surface area contributed by atoms with E-state index >= 15 is 0 Å². The van der Waals surface area contributed by atoms with E-state index in [-0.39, 0.29) is 5.49 Å². The van der Waals surface area contributed by atoms with E-state index in [1.54, 1.807) is 10.7 Å². The molecule has 0 bridgehead atoms. The molecule has 0 aliphatic carbocycles. The van der Waals surface area contributed by atoms with Crippen molar-refractivity contribution in [2.24, 2.45) is 0 Å². The Morgan fingerprint density at radius 1 is 1.47 bits per heavy atom. The second-order valence-corrected chi connectivity index (χ2v) is 7.29. The molecule has 0 amide bonds. The third-order valence-corrected chi connectivity index (χ3v) is 5.08. The molecule has 0 aliphatic rings. The molecule has 8 heteroatoms. The second kappa shape index (κ2) is 6.05. The van der Waals surface area contributed by atoms with Crippen LogP contribution in [0.3, 0.4) is 0 Å². The van der Waals surface area contributed by atoms with Gasteiger partial charge in [-0.2, -0.15) is 5.10 Å². The quantitative estimate of drug-likeness (QED) is 0.794. The number of aryl methyl sites for hydroxylation is 1. The van der Waals surface area contributed by atoms with Crippen LogP contribution in [0.25, 0.3) is 5.65 Å². The van der Waals surface area contributed by atoms with Gasteiger partial charge in [0.05, 0.1) is 17.4 Å². The van der Waals surface area contributed by atoms with Crippen LogP contribution in [0.5, 0.6) is 0 Å². The Bertz CT molecular complexity index is 610. The zero-order valence-corrected chi connectivity index (χ0v) is 12.3. The van der Waals surface area contributed by atoms with Crippen molar-refractivity contribution < 1.29 is 14.4 Å². The predicted molar refractivity (Wildman–Crippen MR) is 75.2 cm³/mol. The minimum Gasteiger partial charge on any atom is -0.324 e. The molecule has 0 unspecified atom stereocenters. The summed E-state index contributed by atoms with van der Waals surface area (Å²) in [6, 6.07) is 3.78. The van der Waals surface area contributed by atoms with Crippen molar-refractivity contribution in [1.29, 1.82) is 0 Å². The smallest absolute Gasteiger partial charge is 0.324 e. The van der Waals surface area contributed by atoms with Gasteiger partial charge in [-0.05, 0) is 12.5 Å². The molecule has 0 saturated carbocycles. The lowest BCUT2D eigenvalue weighted by Gasteiger charge is -2.08. The number of thioether (sulfide) groups is 1. The summed E-state index contributed by atoms with van der Waals surface area (Å²) in [6.45, 7) is 2.09. The van der Waals surface area contributed by atoms with Crippen LogP contribution in [0, 0.1) is 0 Å². The summed E-state index contributed by atoms with van der Waals surface area (Å²) in [5.41, 5.74) is 2.50. The molecule has 0 saturated heterocycles. The number of nitrogens with zero attached hydrogens (tertiary/aromatic N) is 3. The zero-order chi connectivity index (χ0) is 13.9. The maximum atomic E-state index is 10.8. The van der Waals surface area contributed by atoms with Gasteiger partial charge < -0.3 is 9.79 Å². The first kappa shape index (κ1) is 14.5. The number of fused-ring (bicyclic) bond motifs is 1. The molecule has 2 aromatic heterocycles. The molecule has 0 aliphatic heterocycles. The summed E-state index contributed by atoms with van der Waals surface area (Å²) < 4.78 is 12.6. The van der Waals surface area contributed by atoms with Gasteiger partial charge in [-0.25, -0.2) is 9.50 Å². The Balaban J connectivity index is 2.20. The molecule has 0 atom stereocenters. The maximum absolute atomic E-state index is 10.8. The molecule has 2 heterocycles. The van der Waals surface area contributed by atoms with Gasteiger partial charge >= 0.3 is 7.60 Å². The molecule has 0 spiro atoms. The van der Waals surface area contributed by atoms with E-state index in [0.717, 1.165) is 29.9 Å². The lowest BCUT2D eigenvalue weighted by Crippen LogP contribution is -2.03. The van der Waals surface area contributed by atoms with Crippen LogP contribution in [-0.2, 0) is 16.7 Å². The average Bonchev–Trinajstić information content (AvgIpc) is 2.76. The van der Waals surface area contributed by atoms with Crippen molar-refractivity contribution in [3.8, 4) is 0 Å². The van der Waals surface area contributed by atoms with E-state index in [1.807, 2.05) is 12.1 Å². The molecule has 0 aromatic carbocycles. The Kier molecular flexibility index (Phi) is 4.62. The summed E-state index contributed by atoms with van der Waals surface area (Å²) in [6.07, 6.45) is 3.57. The standard InChI is InChI=1S/C11H16N3O3PS/c1-2-3-9-6-10(7-19-8-18(15,16)17)14-11(13-9)4-5-12-14/h4-6H,2-3,7-8H2,1H3,(H2,15,16,17). The number of hydrogen-bond acceptors (Lipinski definition) is 4. The SMILES string of the molecule is CCCc1cc(CSCP(=O)(O)O)n2nccc2n1. The third-order valence-electron chi connectivity index (χ3n) is 2.50. The van der Waals surface area contributed by atoms with Crippen LogP contribution in [0.15, 0.2) is 18.3 Å². The van der Waals surface area contributed by atoms with E-state index in [4.69, 9.17) is 9.79 Å². The van der Waals surface area contributed by atoms with Crippen molar-refractivity contribution in [2.45, 2.75) is 25.5 Å². The highest BCUT2D eigenvalue weighted by Gasteiger charge is 2.14. The minimum atomic E-state index is -3.96. The molecule has 2 N–H and O–H groups in total. The van der Waals surface area contributed by atoms with Crippen molar-refractivity contribution >= 4 is 25.0 Å². The highest BCUT2D eigenvalue weighted by atomic mass is 32.2. The van der Waals surface area contributed by atoms with Crippen LogP contribution < -0.4 is 0 Å². The van der Waals surface area contributed by atoms with Gasteiger partial charge in [-0.1, -0.05) is 13.3 Å². The average molecular weight is 301 g/mol. The molecule has 19 heavy (non-hydrogen) atoms. The fourth-order valence-corrected chi connectivity index (χ4v) is 3.52. The van der Waals surface area contributed by atoms with Crippen molar-refractivity contribution in [3.05, 3.63) is 29.7 Å². The van der Waals surface area contributed by atoms with Crippen LogP contribution in [0.4, 0.5) is 0 Å². The zero-order valence-electron chi connectivity index (χ0n) is 10.6. The van der Waals surface area contributed by atoms with E-state index in [1.165, 1.54) is 11.8 Å². The van der Waals surface area contributed by atoms with Crippen LogP contribution in [0.1, 0.15) is 24.7 Å². The number of rotatable bonds is 6. The first-order valence-corrected chi connectivity index (χ1v) is 8.89. The van der Waals surface area contributed by atoms with Gasteiger partial charge in [0.2, 0.25) is 0 Å². The molecule has 0 fully saturated rings. The van der Waals surface area contributed by atoms with Crippen LogP contribution >= 0.6 is 19.4 Å². The fraction of sp³-hybridized carbons (Fsp3) is 0.455. The highest BCUT2D eigenvalue weighted by molar-refractivity contribution is 8.03. The van der Waals surface area contributed by atoms with Gasteiger partial charge in [-0.15, -0.1) is 11.8 Å². The fourth-order valence-electron chi connectivity index (χ4n) is 1.79. The Morgan fingerprint density at radius 2 is 2.26 bits per heavy atom. The number of hydrogen-bond donors (Lipinski definition) is 2. The van der Waals surface area contributed by atoms with E-state index in [9.17, 15) is 4.57 Å². The van der Waals surface area contributed by atoms with Gasteiger partial charge in [0.25, 0.3) is 0 Å². The molecular weight excluding hydrogens is 285 g/mol. The summed E-state index contributed by atoms with van der Waals surface area (Å²) >= 11 is 1.21. The van der Waals surface area contributed by atoms with E-state index < -0.39 is 7.60 Å². The lowest BCUT2D eigenvalue weighted by molar-refractivity contribution is 0.379. The summed E-state index contributed by atoms with van der Waals surface area (Å²) in [5, 5.41) is 4.18. The molecule has 2 aromatic rings. The van der Waals surface area contributed by atoms with Crippen molar-refractivity contribution in [1.82, 2.24) is 14.6 Å². The lowest BCUT2D eigenvalue weighted by atomic mass is 10.2. The molecule has 0 radical (unpaired) electrons. The summed E-state index contributed by atoms with van der Waals surface area (Å²) in [5.74, 6) is 0.503. The van der Waals surface area contributed by atoms with Gasteiger partial charge in [0, 0.05) is 17.5 Å². The Morgan fingerprint density at radius 3 is 2.95 bits per heavy atom. The number of aromatic nitrogens is 3. The summed E-state index contributed by atoms with van der Waals surface area (Å²) in [7, 11) is -3.96. The maximum Gasteiger partial charge on any atom is 0.335 e. The second-order valence-electron chi connectivity index (χ2n) is 4.23. The normalized spacial score (nSPS) is 12.2. The van der Waals surface area contributed by atoms with Crippen molar-refractivity contribution in [3.63, 3.8) is 0 Å². The van der Waals surface area contributed by atoms with Crippen LogP contribution in [0.2, 0.25) is 0 Å². The van der Waals surface area contributed by atoms with Gasteiger partial charge in [-0.3, -0.25) is 4.57 Å². The summed E-state index contributed by atoms with van der Waals surface area (Å²) in [4.78, 5) is 22.2. The van der Waals surface area contributed by atoms with Gasteiger partial charge in [0.1, 0.15) is 0 Å². The van der Waals surface area contributed by atoms with Crippen molar-refractivity contribution in [2.75, 3.05) is 5.49 Å². The Hall–Kier alpha value is -0.880. The van der Waals surface area contributed by atoms with E-state index in [2.05, 4.69) is 17.0 Å². The monoisotopic (exact) mass is 301 g/mol. The molecule has 2 rings (SSSR count). The molecular formula is C11H16N3O3PS. The predicted octanol–water partition coefficient (Wildman–Crippen LogP) is 2.05. The van der Waals surface area contributed by atoms with E-state index in [0.29, 0.717) is 5.75 Å². The van der Waals surface area contributed by atoms with Crippen LogP contribution in [-0.4, -0.2) is 29.9 Å². The van der Waals surface area contributed by atoms with Gasteiger partial charge in [0.15, 0.2) is 5.65 Å². The molecule has 6 nitrogen and oxygen atoms in total. The topological polar surface area (TPSA) is 87.7 Å². The minimum absolute atomic E-state index is 0.179.